The van der Waals surface area contributed by atoms with Crippen molar-refractivity contribution in [2.75, 3.05) is 18.1 Å². The fourth-order valence-electron chi connectivity index (χ4n) is 4.02. The molecule has 0 unspecified atom stereocenters. The van der Waals surface area contributed by atoms with E-state index in [0.29, 0.717) is 26.2 Å². The lowest BCUT2D eigenvalue weighted by Crippen LogP contribution is -2.45. The van der Waals surface area contributed by atoms with E-state index < -0.39 is 0 Å². The highest BCUT2D eigenvalue weighted by atomic mass is 16.5. The quantitative estimate of drug-likeness (QED) is 0.553. The SMILES string of the molecule is CCOc1ccc(N2C[C@H](NC(=O)N(Cc3ccccc3)Cc3ccccc3)CC2=O)cc1. The van der Waals surface area contributed by atoms with Crippen molar-refractivity contribution in [2.45, 2.75) is 32.5 Å². The maximum atomic E-state index is 13.2. The normalized spacial score (nSPS) is 15.4. The fraction of sp³-hybridized carbons (Fsp3) is 0.259. The van der Waals surface area contributed by atoms with E-state index in [-0.39, 0.29) is 24.4 Å². The monoisotopic (exact) mass is 443 g/mol. The molecule has 170 valence electrons. The van der Waals surface area contributed by atoms with E-state index in [1.807, 2.05) is 91.9 Å². The summed E-state index contributed by atoms with van der Waals surface area (Å²) in [6.45, 7) is 3.96. The summed E-state index contributed by atoms with van der Waals surface area (Å²) in [6.07, 6.45) is 0.281. The molecule has 1 N–H and O–H groups in total. The summed E-state index contributed by atoms with van der Waals surface area (Å²) in [6, 6.07) is 26.9. The van der Waals surface area contributed by atoms with E-state index in [0.717, 1.165) is 22.6 Å². The molecule has 4 rings (SSSR count). The van der Waals surface area contributed by atoms with Crippen LogP contribution in [0.25, 0.3) is 0 Å². The van der Waals surface area contributed by atoms with Crippen molar-refractivity contribution in [3.63, 3.8) is 0 Å². The molecule has 0 bridgehead atoms. The highest BCUT2D eigenvalue weighted by Crippen LogP contribution is 2.24. The van der Waals surface area contributed by atoms with Crippen molar-refractivity contribution >= 4 is 17.6 Å². The molecular weight excluding hydrogens is 414 g/mol. The largest absolute Gasteiger partial charge is 0.494 e. The lowest BCUT2D eigenvalue weighted by molar-refractivity contribution is -0.117. The highest BCUT2D eigenvalue weighted by Gasteiger charge is 2.32. The zero-order valence-corrected chi connectivity index (χ0v) is 18.8. The van der Waals surface area contributed by atoms with Gasteiger partial charge >= 0.3 is 6.03 Å². The van der Waals surface area contributed by atoms with Crippen LogP contribution >= 0.6 is 0 Å². The van der Waals surface area contributed by atoms with Crippen LogP contribution in [-0.4, -0.2) is 36.0 Å². The number of amides is 3. The standard InChI is InChI=1S/C27H29N3O3/c1-2-33-25-15-13-24(14-16-25)30-20-23(17-26(30)31)28-27(32)29(18-21-9-5-3-6-10-21)19-22-11-7-4-8-12-22/h3-16,23H,2,17-20H2,1H3,(H,28,32)/t23-/m1/s1. The first-order valence-corrected chi connectivity index (χ1v) is 11.3. The predicted molar refractivity (Wildman–Crippen MR) is 129 cm³/mol. The van der Waals surface area contributed by atoms with E-state index in [9.17, 15) is 9.59 Å². The van der Waals surface area contributed by atoms with Crippen LogP contribution in [0.5, 0.6) is 5.75 Å². The summed E-state index contributed by atoms with van der Waals surface area (Å²) in [7, 11) is 0. The Bertz CT molecular complexity index is 1010. The molecule has 3 aromatic rings. The van der Waals surface area contributed by atoms with Gasteiger partial charge in [-0.25, -0.2) is 4.79 Å². The number of benzene rings is 3. The number of carbonyl (C=O) groups is 2. The third-order valence-electron chi connectivity index (χ3n) is 5.63. The number of nitrogens with zero attached hydrogens (tertiary/aromatic N) is 2. The molecule has 1 fully saturated rings. The van der Waals surface area contributed by atoms with Gasteiger partial charge in [0.15, 0.2) is 0 Å². The molecule has 0 spiro atoms. The molecule has 0 saturated carbocycles. The Hall–Kier alpha value is -3.80. The second-order valence-corrected chi connectivity index (χ2v) is 8.11. The van der Waals surface area contributed by atoms with E-state index >= 15 is 0 Å². The van der Waals surface area contributed by atoms with Crippen molar-refractivity contribution < 1.29 is 14.3 Å². The molecule has 33 heavy (non-hydrogen) atoms. The first-order valence-electron chi connectivity index (χ1n) is 11.3. The zero-order chi connectivity index (χ0) is 23.0. The van der Waals surface area contributed by atoms with Crippen molar-refractivity contribution in [2.24, 2.45) is 0 Å². The Labute approximate surface area is 194 Å². The van der Waals surface area contributed by atoms with Gasteiger partial charge in [0.1, 0.15) is 5.75 Å². The number of rotatable bonds is 8. The number of hydrogen-bond donors (Lipinski definition) is 1. The van der Waals surface area contributed by atoms with Gasteiger partial charge in [-0.15, -0.1) is 0 Å². The highest BCUT2D eigenvalue weighted by molar-refractivity contribution is 5.96. The molecule has 1 aliphatic heterocycles. The molecule has 1 heterocycles. The average Bonchev–Trinajstić information content (AvgIpc) is 3.20. The number of carbonyl (C=O) groups excluding carboxylic acids is 2. The van der Waals surface area contributed by atoms with Gasteiger partial charge in [0, 0.05) is 31.7 Å². The van der Waals surface area contributed by atoms with Gasteiger partial charge in [-0.05, 0) is 42.3 Å². The lowest BCUT2D eigenvalue weighted by atomic mass is 10.1. The summed E-state index contributed by atoms with van der Waals surface area (Å²) in [5.74, 6) is 0.775. The van der Waals surface area contributed by atoms with E-state index in [4.69, 9.17) is 4.74 Å². The van der Waals surface area contributed by atoms with E-state index in [1.165, 1.54) is 0 Å². The van der Waals surface area contributed by atoms with Crippen molar-refractivity contribution in [3.8, 4) is 5.75 Å². The fourth-order valence-corrected chi connectivity index (χ4v) is 4.02. The zero-order valence-electron chi connectivity index (χ0n) is 18.8. The molecule has 0 aromatic heterocycles. The number of hydrogen-bond acceptors (Lipinski definition) is 3. The van der Waals surface area contributed by atoms with Gasteiger partial charge in [-0.1, -0.05) is 60.7 Å². The first-order chi connectivity index (χ1) is 16.1. The van der Waals surface area contributed by atoms with Crippen molar-refractivity contribution in [1.82, 2.24) is 10.2 Å². The van der Waals surface area contributed by atoms with Gasteiger partial charge in [0.2, 0.25) is 5.91 Å². The topological polar surface area (TPSA) is 61.9 Å². The molecule has 0 aliphatic carbocycles. The average molecular weight is 444 g/mol. The van der Waals surface area contributed by atoms with Crippen LogP contribution in [0.15, 0.2) is 84.9 Å². The Morgan fingerprint density at radius 3 is 2.06 bits per heavy atom. The van der Waals surface area contributed by atoms with Crippen LogP contribution in [0.3, 0.4) is 0 Å². The summed E-state index contributed by atoms with van der Waals surface area (Å²) < 4.78 is 5.48. The molecule has 6 heteroatoms. The van der Waals surface area contributed by atoms with Crippen LogP contribution in [0, 0.1) is 0 Å². The van der Waals surface area contributed by atoms with Crippen LogP contribution < -0.4 is 15.0 Å². The second kappa shape index (κ2) is 10.7. The Morgan fingerprint density at radius 2 is 1.52 bits per heavy atom. The Balaban J connectivity index is 1.43. The maximum absolute atomic E-state index is 13.2. The third kappa shape index (κ3) is 5.92. The summed E-state index contributed by atoms with van der Waals surface area (Å²) >= 11 is 0. The van der Waals surface area contributed by atoms with Gasteiger partial charge < -0.3 is 19.9 Å². The van der Waals surface area contributed by atoms with Crippen LogP contribution in [0.2, 0.25) is 0 Å². The van der Waals surface area contributed by atoms with E-state index in [2.05, 4.69) is 5.32 Å². The van der Waals surface area contributed by atoms with Crippen molar-refractivity contribution in [1.29, 1.82) is 0 Å². The molecule has 1 aliphatic rings. The number of ether oxygens (including phenoxy) is 1. The minimum atomic E-state index is -0.245. The van der Waals surface area contributed by atoms with Gasteiger partial charge in [0.05, 0.1) is 12.6 Å². The molecule has 1 saturated heterocycles. The summed E-state index contributed by atoms with van der Waals surface area (Å²) in [5, 5.41) is 3.08. The van der Waals surface area contributed by atoms with E-state index in [1.54, 1.807) is 9.80 Å². The lowest BCUT2D eigenvalue weighted by Gasteiger charge is -2.25. The summed E-state index contributed by atoms with van der Waals surface area (Å²) in [5.41, 5.74) is 2.93. The van der Waals surface area contributed by atoms with Crippen LogP contribution in [-0.2, 0) is 17.9 Å². The number of nitrogens with one attached hydrogen (secondary N) is 1. The molecule has 3 amide bonds. The predicted octanol–water partition coefficient (Wildman–Crippen LogP) is 4.60. The van der Waals surface area contributed by atoms with Crippen LogP contribution in [0.1, 0.15) is 24.5 Å². The number of anilines is 1. The van der Waals surface area contributed by atoms with Gasteiger partial charge in [-0.2, -0.15) is 0 Å². The molecular formula is C27H29N3O3. The Kier molecular flexibility index (Phi) is 7.25. The molecule has 1 atom stereocenters. The second-order valence-electron chi connectivity index (χ2n) is 8.11. The van der Waals surface area contributed by atoms with Crippen LogP contribution in [0.4, 0.5) is 10.5 Å². The minimum Gasteiger partial charge on any atom is -0.494 e. The molecule has 0 radical (unpaired) electrons. The first kappa shape index (κ1) is 22.4. The molecule has 3 aromatic carbocycles. The van der Waals surface area contributed by atoms with Gasteiger partial charge in [0.25, 0.3) is 0 Å². The molecule has 6 nitrogen and oxygen atoms in total. The minimum absolute atomic E-state index is 0.00197. The smallest absolute Gasteiger partial charge is 0.318 e. The van der Waals surface area contributed by atoms with Gasteiger partial charge in [-0.3, -0.25) is 4.79 Å². The van der Waals surface area contributed by atoms with Crippen molar-refractivity contribution in [3.05, 3.63) is 96.1 Å². The third-order valence-corrected chi connectivity index (χ3v) is 5.63. The number of urea groups is 1. The maximum Gasteiger partial charge on any atom is 0.318 e. The summed E-state index contributed by atoms with van der Waals surface area (Å²) in [4.78, 5) is 29.4. The Morgan fingerprint density at radius 1 is 0.939 bits per heavy atom.